The van der Waals surface area contributed by atoms with Gasteiger partial charge in [0.15, 0.2) is 18.3 Å². The van der Waals surface area contributed by atoms with Crippen LogP contribution in [-0.4, -0.2) is 25.0 Å². The van der Waals surface area contributed by atoms with Crippen LogP contribution < -0.4 is 10.6 Å². The first-order chi connectivity index (χ1) is 14.1. The van der Waals surface area contributed by atoms with E-state index >= 15 is 0 Å². The van der Waals surface area contributed by atoms with Crippen molar-refractivity contribution in [2.24, 2.45) is 0 Å². The predicted molar refractivity (Wildman–Crippen MR) is 112 cm³/mol. The number of anilines is 1. The Kier molecular flexibility index (Phi) is 7.21. The highest BCUT2D eigenvalue weighted by molar-refractivity contribution is 7.16. The predicted octanol–water partition coefficient (Wildman–Crippen LogP) is 3.37. The second-order valence-electron chi connectivity index (χ2n) is 6.42. The van der Waals surface area contributed by atoms with Gasteiger partial charge < -0.3 is 19.8 Å². The van der Waals surface area contributed by atoms with Crippen LogP contribution in [0.1, 0.15) is 46.4 Å². The van der Waals surface area contributed by atoms with E-state index in [9.17, 15) is 9.59 Å². The van der Waals surface area contributed by atoms with Crippen molar-refractivity contribution in [3.8, 4) is 0 Å². The number of hydrogen-bond acceptors (Lipinski definition) is 5. The molecule has 29 heavy (non-hydrogen) atoms. The minimum atomic E-state index is -0.416. The minimum absolute atomic E-state index is 0.129. The number of quaternary nitrogens is 1. The molecule has 0 fully saturated rings. The van der Waals surface area contributed by atoms with Gasteiger partial charge in [-0.2, -0.15) is 0 Å². The van der Waals surface area contributed by atoms with Crippen molar-refractivity contribution in [1.82, 2.24) is 0 Å². The lowest BCUT2D eigenvalue weighted by molar-refractivity contribution is -0.678. The number of esters is 1. The molecule has 152 valence electrons. The fourth-order valence-electron chi connectivity index (χ4n) is 3.02. The number of ether oxygens (including phenoxy) is 1. The van der Waals surface area contributed by atoms with Crippen LogP contribution in [0.4, 0.5) is 5.00 Å². The summed E-state index contributed by atoms with van der Waals surface area (Å²) in [5.41, 5.74) is 1.46. The summed E-state index contributed by atoms with van der Waals surface area (Å²) in [6.45, 7) is 4.24. The minimum Gasteiger partial charge on any atom is -0.463 e. The van der Waals surface area contributed by atoms with Crippen LogP contribution in [0.2, 0.25) is 0 Å². The van der Waals surface area contributed by atoms with Gasteiger partial charge in [-0.1, -0.05) is 37.3 Å². The maximum Gasteiger partial charge on any atom is 0.341 e. The molecule has 0 saturated carbocycles. The standard InChI is InChI=1S/C22H24N2O4S/c1-3-16-13-17(22(26)27-4-2)21(29-16)24-19(25)14-23-20(18-11-8-12-28-18)15-9-6-5-7-10-15/h5-13,20,23H,3-4,14H2,1-2H3,(H,24,25)/p+1/t20-/m0/s1. The topological polar surface area (TPSA) is 85.1 Å². The Hall–Kier alpha value is -2.90. The molecular formula is C22H25N2O4S+. The van der Waals surface area contributed by atoms with E-state index in [1.807, 2.05) is 54.7 Å². The molecule has 2 aromatic heterocycles. The van der Waals surface area contributed by atoms with E-state index in [-0.39, 0.29) is 18.5 Å². The van der Waals surface area contributed by atoms with Crippen molar-refractivity contribution in [2.75, 3.05) is 18.5 Å². The number of nitrogens with two attached hydrogens (primary N) is 1. The van der Waals surface area contributed by atoms with Gasteiger partial charge in [-0.15, -0.1) is 11.3 Å². The van der Waals surface area contributed by atoms with E-state index in [2.05, 4.69) is 5.32 Å². The number of amides is 1. The molecule has 6 nitrogen and oxygen atoms in total. The summed E-state index contributed by atoms with van der Waals surface area (Å²) in [6.07, 6.45) is 2.41. The number of benzene rings is 1. The Balaban J connectivity index is 1.70. The number of thiophene rings is 1. The zero-order chi connectivity index (χ0) is 20.6. The van der Waals surface area contributed by atoms with Crippen molar-refractivity contribution in [3.05, 3.63) is 76.6 Å². The average Bonchev–Trinajstić information content (AvgIpc) is 3.39. The number of aryl methyl sites for hydroxylation is 1. The number of hydrogen-bond donors (Lipinski definition) is 2. The van der Waals surface area contributed by atoms with E-state index in [0.29, 0.717) is 17.2 Å². The third kappa shape index (κ3) is 5.34. The highest BCUT2D eigenvalue weighted by atomic mass is 32.1. The highest BCUT2D eigenvalue weighted by Crippen LogP contribution is 2.29. The number of furan rings is 1. The van der Waals surface area contributed by atoms with Gasteiger partial charge in [0, 0.05) is 10.4 Å². The highest BCUT2D eigenvalue weighted by Gasteiger charge is 2.23. The Morgan fingerprint density at radius 1 is 1.17 bits per heavy atom. The molecule has 3 rings (SSSR count). The first-order valence-electron chi connectivity index (χ1n) is 9.63. The Morgan fingerprint density at radius 2 is 1.97 bits per heavy atom. The monoisotopic (exact) mass is 413 g/mol. The van der Waals surface area contributed by atoms with Crippen molar-refractivity contribution in [1.29, 1.82) is 0 Å². The number of rotatable bonds is 9. The van der Waals surface area contributed by atoms with E-state index in [1.165, 1.54) is 11.3 Å². The summed E-state index contributed by atoms with van der Waals surface area (Å²) in [5, 5.41) is 5.33. The Morgan fingerprint density at radius 3 is 2.62 bits per heavy atom. The average molecular weight is 414 g/mol. The summed E-state index contributed by atoms with van der Waals surface area (Å²) in [5.74, 6) is 0.175. The summed E-state index contributed by atoms with van der Waals surface area (Å²) in [7, 11) is 0. The Bertz CT molecular complexity index is 935. The van der Waals surface area contributed by atoms with Gasteiger partial charge in [0.25, 0.3) is 5.91 Å². The molecule has 0 radical (unpaired) electrons. The van der Waals surface area contributed by atoms with Crippen LogP contribution in [0.15, 0.2) is 59.2 Å². The van der Waals surface area contributed by atoms with E-state index in [0.717, 1.165) is 22.6 Å². The molecule has 0 aliphatic rings. The van der Waals surface area contributed by atoms with Gasteiger partial charge in [-0.25, -0.2) is 4.79 Å². The zero-order valence-corrected chi connectivity index (χ0v) is 17.3. The molecular weight excluding hydrogens is 388 g/mol. The maximum absolute atomic E-state index is 12.6. The first-order valence-corrected chi connectivity index (χ1v) is 10.4. The van der Waals surface area contributed by atoms with Gasteiger partial charge in [0.2, 0.25) is 0 Å². The second-order valence-corrected chi connectivity index (χ2v) is 7.56. The molecule has 1 aromatic carbocycles. The third-order valence-corrected chi connectivity index (χ3v) is 5.62. The molecule has 0 aliphatic carbocycles. The number of carbonyl (C=O) groups is 2. The molecule has 0 bridgehead atoms. The molecule has 0 aliphatic heterocycles. The third-order valence-electron chi connectivity index (χ3n) is 4.43. The fraction of sp³-hybridized carbons (Fsp3) is 0.273. The summed E-state index contributed by atoms with van der Waals surface area (Å²) < 4.78 is 10.7. The van der Waals surface area contributed by atoms with E-state index in [4.69, 9.17) is 9.15 Å². The molecule has 0 unspecified atom stereocenters. The quantitative estimate of drug-likeness (QED) is 0.527. The van der Waals surface area contributed by atoms with Crippen molar-refractivity contribution in [3.63, 3.8) is 0 Å². The lowest BCUT2D eigenvalue weighted by atomic mass is 10.0. The van der Waals surface area contributed by atoms with Crippen LogP contribution >= 0.6 is 11.3 Å². The van der Waals surface area contributed by atoms with Crippen LogP contribution in [0.5, 0.6) is 0 Å². The van der Waals surface area contributed by atoms with Crippen LogP contribution in [0.3, 0.4) is 0 Å². The fourth-order valence-corrected chi connectivity index (χ4v) is 4.02. The molecule has 1 amide bonds. The van der Waals surface area contributed by atoms with Gasteiger partial charge in [-0.05, 0) is 31.5 Å². The van der Waals surface area contributed by atoms with Crippen LogP contribution in [0.25, 0.3) is 0 Å². The van der Waals surface area contributed by atoms with Crippen LogP contribution in [-0.2, 0) is 16.0 Å². The number of nitrogens with one attached hydrogen (secondary N) is 1. The van der Waals surface area contributed by atoms with Gasteiger partial charge in [-0.3, -0.25) is 4.79 Å². The van der Waals surface area contributed by atoms with Gasteiger partial charge in [0.1, 0.15) is 5.00 Å². The normalized spacial score (nSPS) is 11.8. The molecule has 3 N–H and O–H groups in total. The molecule has 2 heterocycles. The number of carbonyl (C=O) groups excluding carboxylic acids is 2. The SMILES string of the molecule is CCOC(=O)c1cc(CC)sc1NC(=O)C[NH2+][C@@H](c1ccccc1)c1ccco1. The van der Waals surface area contributed by atoms with E-state index < -0.39 is 5.97 Å². The smallest absolute Gasteiger partial charge is 0.341 e. The molecule has 7 heteroatoms. The molecule has 0 spiro atoms. The largest absolute Gasteiger partial charge is 0.463 e. The first kappa shape index (κ1) is 20.8. The lowest BCUT2D eigenvalue weighted by Gasteiger charge is -2.14. The van der Waals surface area contributed by atoms with Gasteiger partial charge >= 0.3 is 5.97 Å². The molecule has 0 saturated heterocycles. The lowest BCUT2D eigenvalue weighted by Crippen LogP contribution is -2.87. The maximum atomic E-state index is 12.6. The Labute approximate surface area is 173 Å². The zero-order valence-electron chi connectivity index (χ0n) is 16.5. The van der Waals surface area contributed by atoms with Crippen LogP contribution in [0, 0.1) is 0 Å². The second kappa shape index (κ2) is 10.0. The van der Waals surface area contributed by atoms with Crippen molar-refractivity contribution >= 4 is 28.2 Å². The van der Waals surface area contributed by atoms with Crippen molar-refractivity contribution in [2.45, 2.75) is 26.3 Å². The van der Waals surface area contributed by atoms with E-state index in [1.54, 1.807) is 19.3 Å². The molecule has 3 aromatic rings. The van der Waals surface area contributed by atoms with Crippen molar-refractivity contribution < 1.29 is 24.1 Å². The summed E-state index contributed by atoms with van der Waals surface area (Å²) in [4.78, 5) is 25.8. The summed E-state index contributed by atoms with van der Waals surface area (Å²) in [6, 6.07) is 15.3. The molecule has 1 atom stereocenters. The summed E-state index contributed by atoms with van der Waals surface area (Å²) >= 11 is 1.41. The van der Waals surface area contributed by atoms with Gasteiger partial charge in [0.05, 0.1) is 18.4 Å².